The summed E-state index contributed by atoms with van der Waals surface area (Å²) in [6.45, 7) is 3.16. The van der Waals surface area contributed by atoms with Gasteiger partial charge in [0.15, 0.2) is 0 Å². The van der Waals surface area contributed by atoms with Crippen molar-refractivity contribution < 1.29 is 14.3 Å². The Bertz CT molecular complexity index is 913. The van der Waals surface area contributed by atoms with Crippen LogP contribution in [-0.2, 0) is 4.79 Å². The zero-order valence-electron chi connectivity index (χ0n) is 16.9. The van der Waals surface area contributed by atoms with Crippen molar-refractivity contribution in [1.82, 2.24) is 10.2 Å². The lowest BCUT2D eigenvalue weighted by Gasteiger charge is -2.37. The highest BCUT2D eigenvalue weighted by atomic mass is 35.5. The second kappa shape index (κ2) is 8.83. The van der Waals surface area contributed by atoms with Gasteiger partial charge in [-0.05, 0) is 36.4 Å². The standard InChI is InChI=1S/C22H25ClN4O3/c1-30-20-5-3-2-4-19(20)25-10-12-26(13-11-25)22(29)24-17-14-21(28)27(15-17)18-8-6-16(23)7-9-18/h2-9,17H,10-15H2,1H3,(H,24,29)/t17-/m1/s1. The van der Waals surface area contributed by atoms with Crippen molar-refractivity contribution in [3.05, 3.63) is 53.6 Å². The minimum Gasteiger partial charge on any atom is -0.495 e. The lowest BCUT2D eigenvalue weighted by Crippen LogP contribution is -2.54. The van der Waals surface area contributed by atoms with Gasteiger partial charge >= 0.3 is 6.03 Å². The van der Waals surface area contributed by atoms with Crippen LogP contribution in [0.25, 0.3) is 0 Å². The molecule has 30 heavy (non-hydrogen) atoms. The van der Waals surface area contributed by atoms with E-state index in [1.54, 1.807) is 29.0 Å². The number of urea groups is 1. The van der Waals surface area contributed by atoms with Crippen molar-refractivity contribution in [2.24, 2.45) is 0 Å². The average Bonchev–Trinajstić information content (AvgIpc) is 3.14. The highest BCUT2D eigenvalue weighted by molar-refractivity contribution is 6.30. The number of ether oxygens (including phenoxy) is 1. The predicted molar refractivity (Wildman–Crippen MR) is 118 cm³/mol. The van der Waals surface area contributed by atoms with Crippen LogP contribution in [0.5, 0.6) is 5.75 Å². The molecule has 2 heterocycles. The Balaban J connectivity index is 1.31. The molecule has 158 valence electrons. The molecule has 2 aliphatic rings. The summed E-state index contributed by atoms with van der Waals surface area (Å²) in [4.78, 5) is 30.9. The van der Waals surface area contributed by atoms with Crippen molar-refractivity contribution in [3.8, 4) is 5.75 Å². The van der Waals surface area contributed by atoms with Gasteiger partial charge in [0.2, 0.25) is 5.91 Å². The molecule has 4 rings (SSSR count). The van der Waals surface area contributed by atoms with Crippen LogP contribution in [-0.4, -0.2) is 62.7 Å². The summed E-state index contributed by atoms with van der Waals surface area (Å²) < 4.78 is 5.45. The summed E-state index contributed by atoms with van der Waals surface area (Å²) in [5.74, 6) is 0.839. The van der Waals surface area contributed by atoms with Crippen LogP contribution < -0.4 is 19.9 Å². The Morgan fingerprint density at radius 1 is 1.07 bits per heavy atom. The van der Waals surface area contributed by atoms with Gasteiger partial charge in [-0.2, -0.15) is 0 Å². The van der Waals surface area contributed by atoms with Crippen molar-refractivity contribution in [2.45, 2.75) is 12.5 Å². The summed E-state index contributed by atoms with van der Waals surface area (Å²) in [5, 5.41) is 3.65. The topological polar surface area (TPSA) is 65.1 Å². The van der Waals surface area contributed by atoms with Gasteiger partial charge in [0.25, 0.3) is 0 Å². The summed E-state index contributed by atoms with van der Waals surface area (Å²) in [5.41, 5.74) is 1.84. The fraction of sp³-hybridized carbons (Fsp3) is 0.364. The van der Waals surface area contributed by atoms with Crippen molar-refractivity contribution in [2.75, 3.05) is 49.6 Å². The largest absolute Gasteiger partial charge is 0.495 e. The molecule has 8 heteroatoms. The first-order chi connectivity index (χ1) is 14.5. The van der Waals surface area contributed by atoms with Crippen LogP contribution in [0.1, 0.15) is 6.42 Å². The molecule has 0 bridgehead atoms. The Hall–Kier alpha value is -2.93. The molecule has 2 aromatic carbocycles. The maximum Gasteiger partial charge on any atom is 0.317 e. The van der Waals surface area contributed by atoms with Gasteiger partial charge in [-0.15, -0.1) is 0 Å². The van der Waals surface area contributed by atoms with E-state index in [0.29, 0.717) is 31.1 Å². The van der Waals surface area contributed by atoms with E-state index in [1.807, 2.05) is 36.4 Å². The maximum absolute atomic E-state index is 12.7. The zero-order chi connectivity index (χ0) is 21.1. The zero-order valence-corrected chi connectivity index (χ0v) is 17.6. The third kappa shape index (κ3) is 4.31. The Labute approximate surface area is 181 Å². The number of benzene rings is 2. The molecular formula is C22H25ClN4O3. The minimum atomic E-state index is -0.201. The molecule has 1 N–H and O–H groups in total. The molecule has 1 atom stereocenters. The van der Waals surface area contributed by atoms with E-state index in [-0.39, 0.29) is 18.0 Å². The number of carbonyl (C=O) groups is 2. The minimum absolute atomic E-state index is 0.00335. The van der Waals surface area contributed by atoms with E-state index < -0.39 is 0 Å². The molecule has 0 unspecified atom stereocenters. The van der Waals surface area contributed by atoms with E-state index in [1.165, 1.54) is 0 Å². The van der Waals surface area contributed by atoms with E-state index in [2.05, 4.69) is 10.2 Å². The maximum atomic E-state index is 12.7. The molecule has 0 spiro atoms. The van der Waals surface area contributed by atoms with Crippen LogP contribution in [0.15, 0.2) is 48.5 Å². The molecule has 0 radical (unpaired) electrons. The number of nitrogens with zero attached hydrogens (tertiary/aromatic N) is 3. The molecule has 2 fully saturated rings. The number of hydrogen-bond acceptors (Lipinski definition) is 4. The number of hydrogen-bond donors (Lipinski definition) is 1. The van der Waals surface area contributed by atoms with Gasteiger partial charge in [0, 0.05) is 49.9 Å². The van der Waals surface area contributed by atoms with E-state index in [4.69, 9.17) is 16.3 Å². The fourth-order valence-electron chi connectivity index (χ4n) is 3.98. The molecule has 0 saturated carbocycles. The first-order valence-electron chi connectivity index (χ1n) is 10.0. The second-order valence-corrected chi connectivity index (χ2v) is 7.91. The predicted octanol–water partition coefficient (Wildman–Crippen LogP) is 2.99. The molecule has 7 nitrogen and oxygen atoms in total. The fourth-order valence-corrected chi connectivity index (χ4v) is 4.11. The average molecular weight is 429 g/mol. The van der Waals surface area contributed by atoms with Gasteiger partial charge in [-0.1, -0.05) is 23.7 Å². The smallest absolute Gasteiger partial charge is 0.317 e. The molecule has 0 aliphatic carbocycles. The van der Waals surface area contributed by atoms with Crippen LogP contribution >= 0.6 is 11.6 Å². The van der Waals surface area contributed by atoms with Gasteiger partial charge in [0.05, 0.1) is 18.8 Å². The van der Waals surface area contributed by atoms with Crippen LogP contribution in [0.4, 0.5) is 16.2 Å². The highest BCUT2D eigenvalue weighted by Gasteiger charge is 2.33. The normalized spacial score (nSPS) is 19.2. The lowest BCUT2D eigenvalue weighted by molar-refractivity contribution is -0.117. The number of piperazine rings is 1. The molecule has 2 saturated heterocycles. The van der Waals surface area contributed by atoms with E-state index in [9.17, 15) is 9.59 Å². The van der Waals surface area contributed by atoms with Crippen LogP contribution in [0.3, 0.4) is 0 Å². The van der Waals surface area contributed by atoms with Crippen molar-refractivity contribution in [3.63, 3.8) is 0 Å². The van der Waals surface area contributed by atoms with Gasteiger partial charge in [0.1, 0.15) is 5.75 Å². The Kier molecular flexibility index (Phi) is 5.99. The lowest BCUT2D eigenvalue weighted by atomic mass is 10.2. The summed E-state index contributed by atoms with van der Waals surface area (Å²) >= 11 is 5.93. The van der Waals surface area contributed by atoms with Crippen LogP contribution in [0, 0.1) is 0 Å². The number of rotatable bonds is 4. The number of carbonyl (C=O) groups excluding carboxylic acids is 2. The van der Waals surface area contributed by atoms with E-state index in [0.717, 1.165) is 30.2 Å². The molecule has 3 amide bonds. The van der Waals surface area contributed by atoms with Gasteiger partial charge in [-0.25, -0.2) is 4.79 Å². The molecule has 2 aromatic rings. The van der Waals surface area contributed by atoms with Crippen molar-refractivity contribution >= 4 is 34.9 Å². The number of methoxy groups -OCH3 is 1. The van der Waals surface area contributed by atoms with E-state index >= 15 is 0 Å². The highest BCUT2D eigenvalue weighted by Crippen LogP contribution is 2.28. The first-order valence-corrected chi connectivity index (χ1v) is 10.4. The number of halogens is 1. The summed E-state index contributed by atoms with van der Waals surface area (Å²) in [6, 6.07) is 14.8. The van der Waals surface area contributed by atoms with Gasteiger partial charge in [-0.3, -0.25) is 4.79 Å². The Morgan fingerprint density at radius 2 is 1.77 bits per heavy atom. The SMILES string of the molecule is COc1ccccc1N1CCN(C(=O)N[C@@H]2CC(=O)N(c3ccc(Cl)cc3)C2)CC1. The number of anilines is 2. The third-order valence-corrected chi connectivity index (χ3v) is 5.84. The quantitative estimate of drug-likeness (QED) is 0.813. The second-order valence-electron chi connectivity index (χ2n) is 7.48. The monoisotopic (exact) mass is 428 g/mol. The summed E-state index contributed by atoms with van der Waals surface area (Å²) in [7, 11) is 1.67. The number of para-hydroxylation sites is 2. The first kappa shape index (κ1) is 20.3. The number of amides is 3. The number of nitrogens with one attached hydrogen (secondary N) is 1. The van der Waals surface area contributed by atoms with Crippen LogP contribution in [0.2, 0.25) is 5.02 Å². The summed E-state index contributed by atoms with van der Waals surface area (Å²) in [6.07, 6.45) is 0.301. The van der Waals surface area contributed by atoms with Gasteiger partial charge < -0.3 is 24.8 Å². The molecule has 0 aromatic heterocycles. The third-order valence-electron chi connectivity index (χ3n) is 5.58. The molecule has 2 aliphatic heterocycles. The Morgan fingerprint density at radius 3 is 2.47 bits per heavy atom. The molecular weight excluding hydrogens is 404 g/mol. The van der Waals surface area contributed by atoms with Crippen molar-refractivity contribution in [1.29, 1.82) is 0 Å².